The van der Waals surface area contributed by atoms with Crippen LogP contribution in [0.4, 0.5) is 11.4 Å². The summed E-state index contributed by atoms with van der Waals surface area (Å²) in [7, 11) is 0. The van der Waals surface area contributed by atoms with Crippen molar-refractivity contribution in [2.45, 2.75) is 19.3 Å². The largest absolute Gasteiger partial charge is 0.322 e. The first-order chi connectivity index (χ1) is 12.2. The monoisotopic (exact) mass is 334 g/mol. The van der Waals surface area contributed by atoms with Gasteiger partial charge < -0.3 is 10.2 Å². The van der Waals surface area contributed by atoms with Gasteiger partial charge in [0.15, 0.2) is 0 Å². The molecule has 6 heteroatoms. The van der Waals surface area contributed by atoms with Crippen molar-refractivity contribution >= 4 is 34.1 Å². The van der Waals surface area contributed by atoms with Gasteiger partial charge in [0.25, 0.3) is 5.91 Å². The molecule has 3 aromatic rings. The number of hydrogen-bond donors (Lipinski definition) is 2. The Morgan fingerprint density at radius 1 is 1.12 bits per heavy atom. The Bertz CT molecular complexity index is 930. The smallest absolute Gasteiger partial charge is 0.255 e. The molecular weight excluding hydrogens is 316 g/mol. The highest BCUT2D eigenvalue weighted by atomic mass is 16.2. The second-order valence-corrected chi connectivity index (χ2v) is 6.18. The Kier molecular flexibility index (Phi) is 3.93. The molecule has 25 heavy (non-hydrogen) atoms. The number of benzene rings is 2. The Morgan fingerprint density at radius 3 is 2.76 bits per heavy atom. The number of nitrogens with one attached hydrogen (secondary N) is 2. The number of aromatic amines is 1. The van der Waals surface area contributed by atoms with Crippen LogP contribution < -0.4 is 10.2 Å². The summed E-state index contributed by atoms with van der Waals surface area (Å²) < 4.78 is 0. The SMILES string of the molecule is O=C(Nc1ccc2[nH]ncc2c1)c1ccc(N2CCCCC2=O)cc1. The molecule has 2 heterocycles. The van der Waals surface area contributed by atoms with Crippen molar-refractivity contribution in [2.24, 2.45) is 0 Å². The van der Waals surface area contributed by atoms with Crippen LogP contribution in [-0.2, 0) is 4.79 Å². The van der Waals surface area contributed by atoms with E-state index in [4.69, 9.17) is 0 Å². The number of piperidine rings is 1. The molecule has 2 aromatic carbocycles. The lowest BCUT2D eigenvalue weighted by molar-refractivity contribution is -0.119. The van der Waals surface area contributed by atoms with Gasteiger partial charge in [0.1, 0.15) is 0 Å². The van der Waals surface area contributed by atoms with Crippen LogP contribution in [0.5, 0.6) is 0 Å². The molecule has 1 aliphatic heterocycles. The Hall–Kier alpha value is -3.15. The minimum atomic E-state index is -0.181. The van der Waals surface area contributed by atoms with E-state index in [1.165, 1.54) is 0 Å². The molecule has 1 saturated heterocycles. The lowest BCUT2D eigenvalue weighted by Crippen LogP contribution is -2.35. The van der Waals surface area contributed by atoms with E-state index < -0.39 is 0 Å². The van der Waals surface area contributed by atoms with Gasteiger partial charge in [-0.15, -0.1) is 0 Å². The molecule has 0 aliphatic carbocycles. The van der Waals surface area contributed by atoms with Gasteiger partial charge in [-0.1, -0.05) is 0 Å². The number of nitrogens with zero attached hydrogens (tertiary/aromatic N) is 2. The summed E-state index contributed by atoms with van der Waals surface area (Å²) in [5.41, 5.74) is 3.05. The van der Waals surface area contributed by atoms with Crippen LogP contribution in [-0.4, -0.2) is 28.6 Å². The fourth-order valence-corrected chi connectivity index (χ4v) is 3.10. The van der Waals surface area contributed by atoms with E-state index >= 15 is 0 Å². The van der Waals surface area contributed by atoms with Crippen molar-refractivity contribution in [3.05, 3.63) is 54.2 Å². The second kappa shape index (κ2) is 6.39. The van der Waals surface area contributed by atoms with Crippen molar-refractivity contribution < 1.29 is 9.59 Å². The van der Waals surface area contributed by atoms with E-state index in [2.05, 4.69) is 15.5 Å². The number of anilines is 2. The zero-order valence-electron chi connectivity index (χ0n) is 13.7. The molecule has 6 nitrogen and oxygen atoms in total. The Morgan fingerprint density at radius 2 is 1.96 bits per heavy atom. The van der Waals surface area contributed by atoms with Gasteiger partial charge in [0, 0.05) is 35.3 Å². The fourth-order valence-electron chi connectivity index (χ4n) is 3.10. The van der Waals surface area contributed by atoms with E-state index in [9.17, 15) is 9.59 Å². The fraction of sp³-hybridized carbons (Fsp3) is 0.211. The van der Waals surface area contributed by atoms with Gasteiger partial charge in [-0.3, -0.25) is 14.7 Å². The number of fused-ring (bicyclic) bond motifs is 1. The van der Waals surface area contributed by atoms with Crippen molar-refractivity contribution in [1.29, 1.82) is 0 Å². The normalized spacial score (nSPS) is 14.7. The van der Waals surface area contributed by atoms with E-state index in [0.717, 1.165) is 36.0 Å². The summed E-state index contributed by atoms with van der Waals surface area (Å²) in [4.78, 5) is 26.2. The predicted octanol–water partition coefficient (Wildman–Crippen LogP) is 3.33. The van der Waals surface area contributed by atoms with Crippen molar-refractivity contribution in [1.82, 2.24) is 10.2 Å². The summed E-state index contributed by atoms with van der Waals surface area (Å²) in [6, 6.07) is 12.8. The van der Waals surface area contributed by atoms with Gasteiger partial charge in [0.2, 0.25) is 5.91 Å². The van der Waals surface area contributed by atoms with Crippen LogP contribution in [0.2, 0.25) is 0 Å². The van der Waals surface area contributed by atoms with Gasteiger partial charge in [-0.25, -0.2) is 0 Å². The third kappa shape index (κ3) is 3.10. The maximum atomic E-state index is 12.4. The van der Waals surface area contributed by atoms with Crippen molar-refractivity contribution in [3.63, 3.8) is 0 Å². The third-order valence-corrected chi connectivity index (χ3v) is 4.46. The molecule has 0 atom stereocenters. The summed E-state index contributed by atoms with van der Waals surface area (Å²) in [5, 5.41) is 10.7. The van der Waals surface area contributed by atoms with E-state index in [0.29, 0.717) is 17.7 Å². The minimum absolute atomic E-state index is 0.150. The number of H-pyrrole nitrogens is 1. The maximum absolute atomic E-state index is 12.4. The molecule has 0 unspecified atom stereocenters. The lowest BCUT2D eigenvalue weighted by Gasteiger charge is -2.26. The predicted molar refractivity (Wildman–Crippen MR) is 96.7 cm³/mol. The van der Waals surface area contributed by atoms with Gasteiger partial charge in [0.05, 0.1) is 11.7 Å². The molecule has 0 radical (unpaired) electrons. The topological polar surface area (TPSA) is 78.1 Å². The molecule has 2 N–H and O–H groups in total. The Balaban J connectivity index is 1.49. The van der Waals surface area contributed by atoms with Gasteiger partial charge in [-0.2, -0.15) is 5.10 Å². The molecule has 1 fully saturated rings. The quantitative estimate of drug-likeness (QED) is 0.771. The highest BCUT2D eigenvalue weighted by molar-refractivity contribution is 6.05. The molecule has 2 amide bonds. The number of rotatable bonds is 3. The third-order valence-electron chi connectivity index (χ3n) is 4.46. The Labute approximate surface area is 144 Å². The van der Waals surface area contributed by atoms with Crippen molar-refractivity contribution in [2.75, 3.05) is 16.8 Å². The van der Waals surface area contributed by atoms with Crippen LogP contribution in [0.15, 0.2) is 48.7 Å². The van der Waals surface area contributed by atoms with Crippen LogP contribution in [0.25, 0.3) is 10.9 Å². The summed E-state index contributed by atoms with van der Waals surface area (Å²) in [5.74, 6) is -0.0313. The summed E-state index contributed by atoms with van der Waals surface area (Å²) in [6.07, 6.45) is 4.29. The van der Waals surface area contributed by atoms with Gasteiger partial charge >= 0.3 is 0 Å². The maximum Gasteiger partial charge on any atom is 0.255 e. The number of carbonyl (C=O) groups is 2. The molecule has 126 valence electrons. The first kappa shape index (κ1) is 15.4. The first-order valence-corrected chi connectivity index (χ1v) is 8.36. The van der Waals surface area contributed by atoms with Crippen molar-refractivity contribution in [3.8, 4) is 0 Å². The van der Waals surface area contributed by atoms with E-state index in [1.807, 2.05) is 30.3 Å². The van der Waals surface area contributed by atoms with Crippen LogP contribution >= 0.6 is 0 Å². The molecule has 0 saturated carbocycles. The molecule has 0 bridgehead atoms. The second-order valence-electron chi connectivity index (χ2n) is 6.18. The zero-order chi connectivity index (χ0) is 17.2. The lowest BCUT2D eigenvalue weighted by atomic mass is 10.1. The molecule has 1 aromatic heterocycles. The molecular formula is C19H18N4O2. The number of carbonyl (C=O) groups excluding carboxylic acids is 2. The average Bonchev–Trinajstić information content (AvgIpc) is 3.10. The number of amides is 2. The minimum Gasteiger partial charge on any atom is -0.322 e. The zero-order valence-corrected chi connectivity index (χ0v) is 13.7. The summed E-state index contributed by atoms with van der Waals surface area (Å²) >= 11 is 0. The van der Waals surface area contributed by atoms with Gasteiger partial charge in [-0.05, 0) is 55.3 Å². The number of hydrogen-bond acceptors (Lipinski definition) is 3. The molecule has 0 spiro atoms. The van der Waals surface area contributed by atoms with Crippen LogP contribution in [0, 0.1) is 0 Å². The summed E-state index contributed by atoms with van der Waals surface area (Å²) in [6.45, 7) is 0.745. The number of aromatic nitrogens is 2. The first-order valence-electron chi connectivity index (χ1n) is 8.36. The van der Waals surface area contributed by atoms with Crippen LogP contribution in [0.3, 0.4) is 0 Å². The van der Waals surface area contributed by atoms with E-state index in [1.54, 1.807) is 23.2 Å². The van der Waals surface area contributed by atoms with E-state index in [-0.39, 0.29) is 11.8 Å². The standard InChI is InChI=1S/C19H18N4O2/c24-18-3-1-2-10-23(18)16-7-4-13(5-8-16)19(25)21-15-6-9-17-14(11-15)12-20-22-17/h4-9,11-12H,1-3,10H2,(H,20,22)(H,21,25). The van der Waals surface area contributed by atoms with Crippen LogP contribution in [0.1, 0.15) is 29.6 Å². The molecule has 1 aliphatic rings. The molecule has 4 rings (SSSR count). The highest BCUT2D eigenvalue weighted by Crippen LogP contribution is 2.22. The highest BCUT2D eigenvalue weighted by Gasteiger charge is 2.19. The average molecular weight is 334 g/mol.